The Balaban J connectivity index is 1.37. The summed E-state index contributed by atoms with van der Waals surface area (Å²) >= 11 is 0. The number of rotatable bonds is 6. The van der Waals surface area contributed by atoms with Crippen LogP contribution in [0, 0.1) is 12.3 Å². The Morgan fingerprint density at radius 3 is 2.56 bits per heavy atom. The normalized spacial score (nSPS) is 13.1. The maximum absolute atomic E-state index is 12.3. The molecule has 0 radical (unpaired) electrons. The van der Waals surface area contributed by atoms with Crippen molar-refractivity contribution in [1.82, 2.24) is 4.98 Å². The number of carbonyl (C=O) groups excluding carboxylic acids is 1. The summed E-state index contributed by atoms with van der Waals surface area (Å²) < 4.78 is 5.83. The van der Waals surface area contributed by atoms with Gasteiger partial charge in [0.2, 0.25) is 11.8 Å². The molecule has 5 nitrogen and oxygen atoms in total. The van der Waals surface area contributed by atoms with Gasteiger partial charge in [0.1, 0.15) is 5.75 Å². The summed E-state index contributed by atoms with van der Waals surface area (Å²) in [6.45, 7) is 10.0. The van der Waals surface area contributed by atoms with Gasteiger partial charge in [0, 0.05) is 43.1 Å². The van der Waals surface area contributed by atoms with E-state index in [1.165, 1.54) is 16.8 Å². The van der Waals surface area contributed by atoms with Gasteiger partial charge in [0.05, 0.1) is 0 Å². The highest BCUT2D eigenvalue weighted by Gasteiger charge is 2.21. The second kappa shape index (κ2) is 9.03. The van der Waals surface area contributed by atoms with Crippen LogP contribution in [0.15, 0.2) is 60.8 Å². The lowest BCUT2D eigenvalue weighted by atomic mass is 9.92. The average Bonchev–Trinajstić information content (AvgIpc) is 3.11. The van der Waals surface area contributed by atoms with Crippen LogP contribution in [0.25, 0.3) is 0 Å². The molecule has 32 heavy (non-hydrogen) atoms. The molecular weight excluding hydrogens is 398 g/mol. The van der Waals surface area contributed by atoms with Gasteiger partial charge in [-0.2, -0.15) is 0 Å². The van der Waals surface area contributed by atoms with E-state index in [-0.39, 0.29) is 11.3 Å². The standard InChI is InChI=1S/C27H31N3O2/c1-19-5-9-23(10-6-19)32-26-12-7-20(17-28-26)18-30-14-13-21-15-22(8-11-24(21)30)29-25(31)16-27(2,3)4/h5-12,15,17H,13-14,16,18H2,1-4H3,(H,29,31). The minimum Gasteiger partial charge on any atom is -0.439 e. The van der Waals surface area contributed by atoms with E-state index >= 15 is 0 Å². The van der Waals surface area contributed by atoms with Gasteiger partial charge in [-0.05, 0) is 60.2 Å². The molecule has 0 atom stereocenters. The van der Waals surface area contributed by atoms with Crippen LogP contribution in [0.3, 0.4) is 0 Å². The van der Waals surface area contributed by atoms with Crippen LogP contribution < -0.4 is 15.0 Å². The lowest BCUT2D eigenvalue weighted by Gasteiger charge is -2.20. The van der Waals surface area contributed by atoms with E-state index in [0.29, 0.717) is 12.3 Å². The molecule has 1 aliphatic heterocycles. The minimum absolute atomic E-state index is 0.0215. The van der Waals surface area contributed by atoms with Crippen LogP contribution in [0.2, 0.25) is 0 Å². The number of amides is 1. The predicted molar refractivity (Wildman–Crippen MR) is 129 cm³/mol. The molecule has 0 saturated heterocycles. The van der Waals surface area contributed by atoms with Crippen molar-refractivity contribution in [3.8, 4) is 11.6 Å². The molecule has 0 unspecified atom stereocenters. The van der Waals surface area contributed by atoms with E-state index in [9.17, 15) is 4.79 Å². The molecule has 1 amide bonds. The molecule has 0 spiro atoms. The zero-order valence-electron chi connectivity index (χ0n) is 19.3. The predicted octanol–water partition coefficient (Wildman–Crippen LogP) is 6.12. The second-order valence-electron chi connectivity index (χ2n) is 9.72. The van der Waals surface area contributed by atoms with Crippen molar-refractivity contribution in [2.75, 3.05) is 16.8 Å². The molecule has 4 rings (SSSR count). The van der Waals surface area contributed by atoms with Crippen molar-refractivity contribution in [3.63, 3.8) is 0 Å². The van der Waals surface area contributed by atoms with E-state index in [4.69, 9.17) is 4.74 Å². The summed E-state index contributed by atoms with van der Waals surface area (Å²) in [5.74, 6) is 1.44. The van der Waals surface area contributed by atoms with Crippen LogP contribution in [-0.4, -0.2) is 17.4 Å². The van der Waals surface area contributed by atoms with Gasteiger partial charge >= 0.3 is 0 Å². The molecule has 0 saturated carbocycles. The number of aryl methyl sites for hydroxylation is 1. The average molecular weight is 430 g/mol. The number of ether oxygens (including phenoxy) is 1. The Labute approximate surface area is 190 Å². The molecule has 0 aliphatic carbocycles. The number of hydrogen-bond donors (Lipinski definition) is 1. The Kier molecular flexibility index (Phi) is 6.17. The molecule has 0 fully saturated rings. The Morgan fingerprint density at radius 2 is 1.88 bits per heavy atom. The smallest absolute Gasteiger partial charge is 0.224 e. The fraction of sp³-hybridized carbons (Fsp3) is 0.333. The van der Waals surface area contributed by atoms with Crippen molar-refractivity contribution >= 4 is 17.3 Å². The number of pyridine rings is 1. The van der Waals surface area contributed by atoms with E-state index in [1.54, 1.807) is 0 Å². The molecule has 0 bridgehead atoms. The van der Waals surface area contributed by atoms with Crippen LogP contribution in [-0.2, 0) is 17.8 Å². The first kappa shape index (κ1) is 21.9. The van der Waals surface area contributed by atoms with Crippen molar-refractivity contribution in [2.45, 2.75) is 47.1 Å². The maximum Gasteiger partial charge on any atom is 0.224 e. The highest BCUT2D eigenvalue weighted by Crippen LogP contribution is 2.32. The van der Waals surface area contributed by atoms with Gasteiger partial charge in [-0.15, -0.1) is 0 Å². The van der Waals surface area contributed by atoms with Gasteiger partial charge in [-0.25, -0.2) is 4.98 Å². The summed E-state index contributed by atoms with van der Waals surface area (Å²) in [7, 11) is 0. The van der Waals surface area contributed by atoms with Crippen LogP contribution >= 0.6 is 0 Å². The quantitative estimate of drug-likeness (QED) is 0.513. The van der Waals surface area contributed by atoms with Crippen LogP contribution in [0.5, 0.6) is 11.6 Å². The van der Waals surface area contributed by atoms with E-state index in [2.05, 4.69) is 61.1 Å². The molecule has 1 aromatic heterocycles. The van der Waals surface area contributed by atoms with E-state index < -0.39 is 0 Å². The van der Waals surface area contributed by atoms with E-state index in [0.717, 1.165) is 36.5 Å². The molecule has 1 N–H and O–H groups in total. The summed E-state index contributed by atoms with van der Waals surface area (Å²) in [6.07, 6.45) is 3.36. The van der Waals surface area contributed by atoms with E-state index in [1.807, 2.05) is 42.6 Å². The van der Waals surface area contributed by atoms with Crippen LogP contribution in [0.4, 0.5) is 11.4 Å². The SMILES string of the molecule is Cc1ccc(Oc2ccc(CN3CCc4cc(NC(=O)CC(C)(C)C)ccc43)cn2)cc1. The maximum atomic E-state index is 12.3. The van der Waals surface area contributed by atoms with Crippen molar-refractivity contribution in [1.29, 1.82) is 0 Å². The minimum atomic E-state index is -0.0215. The van der Waals surface area contributed by atoms with Gasteiger partial charge < -0.3 is 15.0 Å². The lowest BCUT2D eigenvalue weighted by Crippen LogP contribution is -2.20. The van der Waals surface area contributed by atoms with Gasteiger partial charge in [0.15, 0.2) is 0 Å². The van der Waals surface area contributed by atoms with Crippen LogP contribution in [0.1, 0.15) is 43.9 Å². The van der Waals surface area contributed by atoms with Gasteiger partial charge in [-0.1, -0.05) is 44.5 Å². The first-order chi connectivity index (χ1) is 15.2. The Bertz CT molecular complexity index is 1080. The Morgan fingerprint density at radius 1 is 1.09 bits per heavy atom. The molecule has 1 aliphatic rings. The molecule has 166 valence electrons. The fourth-order valence-electron chi connectivity index (χ4n) is 3.91. The highest BCUT2D eigenvalue weighted by molar-refractivity contribution is 5.91. The molecule has 2 aromatic carbocycles. The number of fused-ring (bicyclic) bond motifs is 1. The molecule has 2 heterocycles. The first-order valence-corrected chi connectivity index (χ1v) is 11.1. The largest absolute Gasteiger partial charge is 0.439 e. The van der Waals surface area contributed by atoms with Crippen molar-refractivity contribution in [2.24, 2.45) is 5.41 Å². The summed E-state index contributed by atoms with van der Waals surface area (Å²) in [4.78, 5) is 19.1. The fourth-order valence-corrected chi connectivity index (χ4v) is 3.91. The number of hydrogen-bond acceptors (Lipinski definition) is 4. The zero-order chi connectivity index (χ0) is 22.7. The number of carbonyl (C=O) groups is 1. The first-order valence-electron chi connectivity index (χ1n) is 11.1. The summed E-state index contributed by atoms with van der Waals surface area (Å²) in [5.41, 5.74) is 5.68. The molecule has 5 heteroatoms. The second-order valence-corrected chi connectivity index (χ2v) is 9.72. The third-order valence-corrected chi connectivity index (χ3v) is 5.46. The number of nitrogens with zero attached hydrogens (tertiary/aromatic N) is 2. The summed E-state index contributed by atoms with van der Waals surface area (Å²) in [5, 5.41) is 3.04. The highest BCUT2D eigenvalue weighted by atomic mass is 16.5. The Hall–Kier alpha value is -3.34. The van der Waals surface area contributed by atoms with Crippen molar-refractivity contribution < 1.29 is 9.53 Å². The topological polar surface area (TPSA) is 54.5 Å². The summed E-state index contributed by atoms with van der Waals surface area (Å²) in [6, 6.07) is 18.1. The third-order valence-electron chi connectivity index (χ3n) is 5.46. The molecular formula is C27H31N3O2. The van der Waals surface area contributed by atoms with Gasteiger partial charge in [-0.3, -0.25) is 4.79 Å². The molecule has 3 aromatic rings. The monoisotopic (exact) mass is 429 g/mol. The third kappa shape index (κ3) is 5.67. The number of benzene rings is 2. The van der Waals surface area contributed by atoms with Gasteiger partial charge in [0.25, 0.3) is 0 Å². The zero-order valence-corrected chi connectivity index (χ0v) is 19.3. The number of anilines is 2. The number of nitrogens with one attached hydrogen (secondary N) is 1. The number of aromatic nitrogens is 1. The van der Waals surface area contributed by atoms with Crippen molar-refractivity contribution in [3.05, 3.63) is 77.5 Å². The lowest BCUT2D eigenvalue weighted by molar-refractivity contribution is -0.117.